The number of nitrogens with two attached hydrogens (primary N) is 1. The van der Waals surface area contributed by atoms with Gasteiger partial charge in [-0.1, -0.05) is 60.7 Å². The van der Waals surface area contributed by atoms with Crippen molar-refractivity contribution in [3.05, 3.63) is 95.6 Å². The van der Waals surface area contributed by atoms with Crippen molar-refractivity contribution in [1.82, 2.24) is 0 Å². The maximum absolute atomic E-state index is 6.00. The fourth-order valence-corrected chi connectivity index (χ4v) is 2.74. The van der Waals surface area contributed by atoms with Crippen LogP contribution in [-0.4, -0.2) is 13.1 Å². The summed E-state index contributed by atoms with van der Waals surface area (Å²) in [6.07, 6.45) is 0. The van der Waals surface area contributed by atoms with Crippen LogP contribution < -0.4 is 15.8 Å². The van der Waals surface area contributed by atoms with Crippen LogP contribution in [-0.2, 0) is 24.5 Å². The van der Waals surface area contributed by atoms with Gasteiger partial charge in [0.15, 0.2) is 5.96 Å². The third-order valence-electron chi connectivity index (χ3n) is 4.15. The van der Waals surface area contributed by atoms with Crippen molar-refractivity contribution in [3.63, 3.8) is 0 Å². The first-order valence-electron chi connectivity index (χ1n) is 9.13. The van der Waals surface area contributed by atoms with Crippen molar-refractivity contribution in [2.24, 2.45) is 10.7 Å². The Balaban J connectivity index is 1.52. The largest absolute Gasteiger partial charge is 0.497 e. The maximum atomic E-state index is 6.00. The van der Waals surface area contributed by atoms with Crippen LogP contribution in [0.25, 0.3) is 0 Å². The summed E-state index contributed by atoms with van der Waals surface area (Å²) < 4.78 is 11.0. The van der Waals surface area contributed by atoms with Gasteiger partial charge in [-0.25, -0.2) is 4.99 Å². The van der Waals surface area contributed by atoms with Crippen LogP contribution in [0.1, 0.15) is 16.7 Å². The minimum absolute atomic E-state index is 0.360. The van der Waals surface area contributed by atoms with E-state index in [0.29, 0.717) is 25.7 Å². The summed E-state index contributed by atoms with van der Waals surface area (Å²) in [4.78, 5) is 4.42. The zero-order valence-corrected chi connectivity index (χ0v) is 16.0. The number of aliphatic imine (C=N–C) groups is 1. The number of benzene rings is 3. The lowest BCUT2D eigenvalue weighted by Gasteiger charge is -2.08. The van der Waals surface area contributed by atoms with Crippen LogP contribution in [0.2, 0.25) is 0 Å². The zero-order valence-electron chi connectivity index (χ0n) is 16.0. The van der Waals surface area contributed by atoms with Gasteiger partial charge in [0, 0.05) is 11.8 Å². The Hall–Kier alpha value is -3.31. The molecular formula is C23H25N3O2. The molecule has 3 rings (SSSR count). The van der Waals surface area contributed by atoms with Crippen LogP contribution >= 0.6 is 0 Å². The van der Waals surface area contributed by atoms with Crippen molar-refractivity contribution in [3.8, 4) is 5.75 Å². The normalized spacial score (nSPS) is 11.2. The van der Waals surface area contributed by atoms with Crippen LogP contribution in [0.5, 0.6) is 5.75 Å². The summed E-state index contributed by atoms with van der Waals surface area (Å²) in [5.74, 6) is 1.12. The third-order valence-corrected chi connectivity index (χ3v) is 4.15. The predicted molar refractivity (Wildman–Crippen MR) is 113 cm³/mol. The molecule has 5 heteroatoms. The molecule has 0 bridgehead atoms. The molecular weight excluding hydrogens is 350 g/mol. The lowest BCUT2D eigenvalue weighted by atomic mass is 10.1. The van der Waals surface area contributed by atoms with Gasteiger partial charge in [0.1, 0.15) is 5.75 Å². The topological polar surface area (TPSA) is 68.9 Å². The summed E-state index contributed by atoms with van der Waals surface area (Å²) in [5.41, 5.74) is 10.2. The molecule has 3 N–H and O–H groups in total. The van der Waals surface area contributed by atoms with E-state index in [1.54, 1.807) is 7.11 Å². The summed E-state index contributed by atoms with van der Waals surface area (Å²) in [6, 6.07) is 25.9. The fraction of sp³-hybridized carbons (Fsp3) is 0.174. The van der Waals surface area contributed by atoms with Crippen LogP contribution in [0.15, 0.2) is 83.9 Å². The molecule has 28 heavy (non-hydrogen) atoms. The van der Waals surface area contributed by atoms with Crippen molar-refractivity contribution < 1.29 is 9.47 Å². The van der Waals surface area contributed by atoms with Crippen LogP contribution in [0, 0.1) is 0 Å². The number of guanidine groups is 1. The third kappa shape index (κ3) is 6.14. The van der Waals surface area contributed by atoms with Crippen molar-refractivity contribution in [2.75, 3.05) is 12.4 Å². The van der Waals surface area contributed by atoms with Gasteiger partial charge in [-0.15, -0.1) is 0 Å². The summed E-state index contributed by atoms with van der Waals surface area (Å²) >= 11 is 0. The number of rotatable bonds is 8. The van der Waals surface area contributed by atoms with E-state index in [0.717, 1.165) is 22.6 Å². The molecule has 3 aromatic rings. The summed E-state index contributed by atoms with van der Waals surface area (Å²) in [6.45, 7) is 1.65. The van der Waals surface area contributed by atoms with Gasteiger partial charge in [-0.2, -0.15) is 0 Å². The molecule has 0 spiro atoms. The van der Waals surface area contributed by atoms with Gasteiger partial charge in [0.05, 0.1) is 26.9 Å². The molecule has 0 heterocycles. The Bertz CT molecular complexity index is 910. The number of nitrogens with zero attached hydrogens (tertiary/aromatic N) is 1. The minimum atomic E-state index is 0.360. The Labute approximate surface area is 165 Å². The van der Waals surface area contributed by atoms with Crippen molar-refractivity contribution >= 4 is 11.6 Å². The van der Waals surface area contributed by atoms with Gasteiger partial charge in [-0.3, -0.25) is 0 Å². The van der Waals surface area contributed by atoms with Gasteiger partial charge < -0.3 is 20.5 Å². The monoisotopic (exact) mass is 375 g/mol. The first-order chi connectivity index (χ1) is 13.7. The zero-order chi connectivity index (χ0) is 19.6. The first kappa shape index (κ1) is 19.5. The summed E-state index contributed by atoms with van der Waals surface area (Å²) in [5, 5.41) is 3.08. The number of anilines is 1. The number of hydrogen-bond donors (Lipinski definition) is 2. The second-order valence-electron chi connectivity index (χ2n) is 6.36. The molecule has 5 nitrogen and oxygen atoms in total. The SMILES string of the molecule is COc1cccc(NC(N)=NCc2cccc(COCc3ccccc3)c2)c1. The van der Waals surface area contributed by atoms with E-state index in [2.05, 4.69) is 34.6 Å². The Morgan fingerprint density at radius 1 is 0.857 bits per heavy atom. The van der Waals surface area contributed by atoms with Crippen LogP contribution in [0.3, 0.4) is 0 Å². The maximum Gasteiger partial charge on any atom is 0.193 e. The number of nitrogens with one attached hydrogen (secondary N) is 1. The van der Waals surface area contributed by atoms with Gasteiger partial charge >= 0.3 is 0 Å². The fourth-order valence-electron chi connectivity index (χ4n) is 2.74. The lowest BCUT2D eigenvalue weighted by Crippen LogP contribution is -2.22. The van der Waals surface area contributed by atoms with E-state index in [1.807, 2.05) is 54.6 Å². The smallest absolute Gasteiger partial charge is 0.193 e. The second-order valence-corrected chi connectivity index (χ2v) is 6.36. The number of hydrogen-bond acceptors (Lipinski definition) is 3. The number of methoxy groups -OCH3 is 1. The van der Waals surface area contributed by atoms with E-state index < -0.39 is 0 Å². The molecule has 3 aromatic carbocycles. The van der Waals surface area contributed by atoms with Crippen LogP contribution in [0.4, 0.5) is 5.69 Å². The predicted octanol–water partition coefficient (Wildman–Crippen LogP) is 4.34. The molecule has 0 radical (unpaired) electrons. The Morgan fingerprint density at radius 2 is 1.57 bits per heavy atom. The molecule has 144 valence electrons. The number of ether oxygens (including phenoxy) is 2. The molecule has 0 atom stereocenters. The second kappa shape index (κ2) is 10.1. The average molecular weight is 375 g/mol. The van der Waals surface area contributed by atoms with E-state index >= 15 is 0 Å². The highest BCUT2D eigenvalue weighted by Crippen LogP contribution is 2.16. The minimum Gasteiger partial charge on any atom is -0.497 e. The van der Waals surface area contributed by atoms with Gasteiger partial charge in [0.2, 0.25) is 0 Å². The standard InChI is InChI=1S/C23H25N3O2/c1-27-22-12-6-11-21(14-22)26-23(24)25-15-19-9-5-10-20(13-19)17-28-16-18-7-3-2-4-8-18/h2-14H,15-17H2,1H3,(H3,24,25,26). The molecule has 0 amide bonds. The molecule has 0 saturated carbocycles. The highest BCUT2D eigenvalue weighted by atomic mass is 16.5. The van der Waals surface area contributed by atoms with Crippen molar-refractivity contribution in [1.29, 1.82) is 0 Å². The van der Waals surface area contributed by atoms with Gasteiger partial charge in [-0.05, 0) is 28.8 Å². The Kier molecular flexibility index (Phi) is 7.04. The molecule has 0 aliphatic carbocycles. The highest BCUT2D eigenvalue weighted by molar-refractivity contribution is 5.92. The molecule has 0 fully saturated rings. The molecule has 0 aliphatic heterocycles. The quantitative estimate of drug-likeness (QED) is 0.454. The van der Waals surface area contributed by atoms with E-state index in [4.69, 9.17) is 15.2 Å². The van der Waals surface area contributed by atoms with Crippen molar-refractivity contribution in [2.45, 2.75) is 19.8 Å². The van der Waals surface area contributed by atoms with E-state index in [9.17, 15) is 0 Å². The lowest BCUT2D eigenvalue weighted by molar-refractivity contribution is 0.107. The van der Waals surface area contributed by atoms with E-state index in [-0.39, 0.29) is 0 Å². The molecule has 0 aromatic heterocycles. The molecule has 0 saturated heterocycles. The molecule has 0 aliphatic rings. The summed E-state index contributed by atoms with van der Waals surface area (Å²) in [7, 11) is 1.63. The highest BCUT2D eigenvalue weighted by Gasteiger charge is 2.00. The first-order valence-corrected chi connectivity index (χ1v) is 9.13. The Morgan fingerprint density at radius 3 is 2.39 bits per heavy atom. The van der Waals surface area contributed by atoms with E-state index in [1.165, 1.54) is 5.56 Å². The molecule has 0 unspecified atom stereocenters. The van der Waals surface area contributed by atoms with Gasteiger partial charge in [0.25, 0.3) is 0 Å². The average Bonchev–Trinajstić information content (AvgIpc) is 2.73.